The summed E-state index contributed by atoms with van der Waals surface area (Å²) in [5.41, 5.74) is 2.37. The molecule has 0 radical (unpaired) electrons. The van der Waals surface area contributed by atoms with Gasteiger partial charge in [-0.15, -0.1) is 0 Å². The van der Waals surface area contributed by atoms with Gasteiger partial charge in [-0.3, -0.25) is 19.3 Å². The topological polar surface area (TPSA) is 84.0 Å². The first-order valence-electron chi connectivity index (χ1n) is 10.3. The quantitative estimate of drug-likeness (QED) is 0.708. The van der Waals surface area contributed by atoms with Crippen LogP contribution in [-0.2, 0) is 22.7 Å². The maximum atomic E-state index is 12.6. The largest absolute Gasteiger partial charge is 0.445 e. The lowest BCUT2D eigenvalue weighted by Gasteiger charge is -2.34. The molecule has 0 aliphatic carbocycles. The van der Waals surface area contributed by atoms with E-state index in [1.807, 2.05) is 32.0 Å². The van der Waals surface area contributed by atoms with Crippen LogP contribution in [0.2, 0.25) is 0 Å². The Morgan fingerprint density at radius 2 is 1.61 bits per heavy atom. The zero-order chi connectivity index (χ0) is 22.1. The summed E-state index contributed by atoms with van der Waals surface area (Å²) in [4.78, 5) is 52.3. The van der Waals surface area contributed by atoms with Crippen molar-refractivity contribution >= 4 is 23.7 Å². The summed E-state index contributed by atoms with van der Waals surface area (Å²) in [5, 5.41) is 0. The summed E-state index contributed by atoms with van der Waals surface area (Å²) in [6.45, 7) is 4.24. The van der Waals surface area contributed by atoms with Gasteiger partial charge in [-0.2, -0.15) is 0 Å². The van der Waals surface area contributed by atoms with Crippen molar-refractivity contribution in [3.8, 4) is 0 Å². The molecule has 2 aromatic carbocycles. The van der Waals surface area contributed by atoms with Crippen LogP contribution in [0.25, 0.3) is 0 Å². The highest BCUT2D eigenvalue weighted by Gasteiger charge is 2.35. The Morgan fingerprint density at radius 3 is 2.29 bits per heavy atom. The number of amides is 3. The summed E-state index contributed by atoms with van der Waals surface area (Å²) < 4.78 is 5.47. The number of nitrogens with zero attached hydrogens (tertiary/aromatic N) is 2. The van der Waals surface area contributed by atoms with Crippen LogP contribution in [0.15, 0.2) is 48.5 Å². The Morgan fingerprint density at radius 1 is 0.968 bits per heavy atom. The van der Waals surface area contributed by atoms with E-state index in [1.165, 1.54) is 4.90 Å². The fourth-order valence-corrected chi connectivity index (χ4v) is 4.04. The Kier molecular flexibility index (Phi) is 5.59. The maximum Gasteiger partial charge on any atom is 0.410 e. The molecule has 2 aliphatic heterocycles. The molecule has 2 unspecified atom stereocenters. The normalized spacial score (nSPS) is 20.8. The number of ether oxygens (including phenoxy) is 1. The number of hydrogen-bond donors (Lipinski definition) is 0. The van der Waals surface area contributed by atoms with Crippen LogP contribution in [0.1, 0.15) is 52.1 Å². The summed E-state index contributed by atoms with van der Waals surface area (Å²) in [5.74, 6) is -0.635. The third-order valence-corrected chi connectivity index (χ3v) is 5.86. The average molecular weight is 420 g/mol. The van der Waals surface area contributed by atoms with Gasteiger partial charge in [0.2, 0.25) is 0 Å². The Balaban J connectivity index is 1.39. The van der Waals surface area contributed by atoms with Crippen molar-refractivity contribution in [2.24, 2.45) is 5.92 Å². The number of benzene rings is 2. The number of ketones is 1. The summed E-state index contributed by atoms with van der Waals surface area (Å²) in [6, 6.07) is 13.9. The van der Waals surface area contributed by atoms with Crippen LogP contribution in [-0.4, -0.2) is 46.1 Å². The lowest BCUT2D eigenvalue weighted by molar-refractivity contribution is -0.126. The number of carbonyl (C=O) groups excluding carboxylic acids is 4. The SMILES string of the molecule is CC1CN(C(=O)OCc2cccc(CN3C(=O)c4ccccc4C3=O)c2)C(C)CC1=O. The zero-order valence-electron chi connectivity index (χ0n) is 17.5. The zero-order valence-corrected chi connectivity index (χ0v) is 17.5. The number of rotatable bonds is 4. The minimum atomic E-state index is -0.447. The molecule has 1 saturated heterocycles. The van der Waals surface area contributed by atoms with Crippen LogP contribution in [0.5, 0.6) is 0 Å². The fourth-order valence-electron chi connectivity index (χ4n) is 4.04. The highest BCUT2D eigenvalue weighted by Crippen LogP contribution is 2.25. The van der Waals surface area contributed by atoms with Gasteiger partial charge in [0, 0.05) is 24.9 Å². The molecule has 4 rings (SSSR count). The van der Waals surface area contributed by atoms with Crippen LogP contribution < -0.4 is 0 Å². The minimum absolute atomic E-state index is 0.0698. The highest BCUT2D eigenvalue weighted by atomic mass is 16.6. The van der Waals surface area contributed by atoms with E-state index in [-0.39, 0.29) is 42.7 Å². The smallest absolute Gasteiger partial charge is 0.410 e. The number of piperidine rings is 1. The summed E-state index contributed by atoms with van der Waals surface area (Å²) >= 11 is 0. The van der Waals surface area contributed by atoms with Crippen molar-refractivity contribution in [2.45, 2.75) is 39.5 Å². The van der Waals surface area contributed by atoms with Crippen LogP contribution in [0.4, 0.5) is 4.79 Å². The monoisotopic (exact) mass is 420 g/mol. The average Bonchev–Trinajstić information content (AvgIpc) is 3.00. The first-order chi connectivity index (χ1) is 14.8. The lowest BCUT2D eigenvalue weighted by atomic mass is 9.94. The van der Waals surface area contributed by atoms with Gasteiger partial charge < -0.3 is 9.64 Å². The van der Waals surface area contributed by atoms with E-state index >= 15 is 0 Å². The van der Waals surface area contributed by atoms with E-state index in [2.05, 4.69) is 0 Å². The molecule has 0 saturated carbocycles. The van der Waals surface area contributed by atoms with E-state index < -0.39 is 6.09 Å². The Hall–Kier alpha value is -3.48. The molecule has 160 valence electrons. The van der Waals surface area contributed by atoms with E-state index in [4.69, 9.17) is 4.74 Å². The predicted octanol–water partition coefficient (Wildman–Crippen LogP) is 3.42. The number of imide groups is 1. The van der Waals surface area contributed by atoms with Crippen molar-refractivity contribution in [3.63, 3.8) is 0 Å². The van der Waals surface area contributed by atoms with Crippen molar-refractivity contribution in [2.75, 3.05) is 6.54 Å². The molecule has 1 fully saturated rings. The second-order valence-corrected chi connectivity index (χ2v) is 8.19. The number of hydrogen-bond acceptors (Lipinski definition) is 5. The van der Waals surface area contributed by atoms with E-state index in [0.29, 0.717) is 24.1 Å². The second kappa shape index (κ2) is 8.34. The first kappa shape index (κ1) is 20.8. The van der Waals surface area contributed by atoms with Gasteiger partial charge in [0.05, 0.1) is 17.7 Å². The molecule has 0 N–H and O–H groups in total. The molecule has 7 heteroatoms. The molecule has 7 nitrogen and oxygen atoms in total. The number of fused-ring (bicyclic) bond motifs is 1. The molecule has 0 aromatic heterocycles. The Bertz CT molecular complexity index is 1030. The molecular weight excluding hydrogens is 396 g/mol. The van der Waals surface area contributed by atoms with E-state index in [1.54, 1.807) is 35.2 Å². The lowest BCUT2D eigenvalue weighted by Crippen LogP contribution is -2.48. The molecule has 2 aromatic rings. The van der Waals surface area contributed by atoms with E-state index in [0.717, 1.165) is 11.1 Å². The molecule has 2 heterocycles. The van der Waals surface area contributed by atoms with Crippen molar-refractivity contribution in [3.05, 3.63) is 70.8 Å². The molecule has 0 bridgehead atoms. The summed E-state index contributed by atoms with van der Waals surface area (Å²) in [7, 11) is 0. The van der Waals surface area contributed by atoms with Gasteiger partial charge >= 0.3 is 6.09 Å². The van der Waals surface area contributed by atoms with Crippen LogP contribution >= 0.6 is 0 Å². The first-order valence-corrected chi connectivity index (χ1v) is 10.3. The van der Waals surface area contributed by atoms with Gasteiger partial charge in [0.1, 0.15) is 12.4 Å². The number of carbonyl (C=O) groups is 4. The summed E-state index contributed by atoms with van der Waals surface area (Å²) in [6.07, 6.45) is -0.107. The van der Waals surface area contributed by atoms with Crippen molar-refractivity contribution in [1.82, 2.24) is 9.80 Å². The Labute approximate surface area is 180 Å². The van der Waals surface area contributed by atoms with Gasteiger partial charge in [0.25, 0.3) is 11.8 Å². The fraction of sp³-hybridized carbons (Fsp3) is 0.333. The van der Waals surface area contributed by atoms with Crippen molar-refractivity contribution in [1.29, 1.82) is 0 Å². The molecule has 2 atom stereocenters. The van der Waals surface area contributed by atoms with E-state index in [9.17, 15) is 19.2 Å². The molecule has 0 spiro atoms. The number of Topliss-reactive ketones (excluding diaryl/α,β-unsaturated/α-hetero) is 1. The van der Waals surface area contributed by atoms with Crippen LogP contribution in [0, 0.1) is 5.92 Å². The standard InChI is InChI=1S/C24H24N2O5/c1-15-12-25(16(2)10-21(15)27)24(30)31-14-18-7-5-6-17(11-18)13-26-22(28)19-8-3-4-9-20(19)23(26)29/h3-9,11,15-16H,10,12-14H2,1-2H3. The molecule has 3 amide bonds. The molecule has 2 aliphatic rings. The maximum absolute atomic E-state index is 12.6. The third kappa shape index (κ3) is 4.08. The third-order valence-electron chi connectivity index (χ3n) is 5.86. The minimum Gasteiger partial charge on any atom is -0.445 e. The molecule has 31 heavy (non-hydrogen) atoms. The highest BCUT2D eigenvalue weighted by molar-refractivity contribution is 6.21. The van der Waals surface area contributed by atoms with Crippen molar-refractivity contribution < 1.29 is 23.9 Å². The predicted molar refractivity (Wildman–Crippen MR) is 112 cm³/mol. The van der Waals surface area contributed by atoms with Gasteiger partial charge in [0.15, 0.2) is 0 Å². The van der Waals surface area contributed by atoms with Gasteiger partial charge in [-0.1, -0.05) is 43.3 Å². The van der Waals surface area contributed by atoms with Gasteiger partial charge in [-0.25, -0.2) is 4.79 Å². The molecular formula is C24H24N2O5. The second-order valence-electron chi connectivity index (χ2n) is 8.19. The van der Waals surface area contributed by atoms with Crippen LogP contribution in [0.3, 0.4) is 0 Å². The number of likely N-dealkylation sites (tertiary alicyclic amines) is 1. The van der Waals surface area contributed by atoms with Gasteiger partial charge in [-0.05, 0) is 30.2 Å².